The Balaban J connectivity index is 0.00000156. The second-order valence-corrected chi connectivity index (χ2v) is 5.52. The predicted octanol–water partition coefficient (Wildman–Crippen LogP) is 3.17. The maximum absolute atomic E-state index is 12.1. The van der Waals surface area contributed by atoms with E-state index in [4.69, 9.17) is 4.74 Å². The van der Waals surface area contributed by atoms with E-state index in [1.807, 2.05) is 54.6 Å². The minimum absolute atomic E-state index is 0. The van der Waals surface area contributed by atoms with Crippen molar-refractivity contribution >= 4 is 36.4 Å². The third-order valence-corrected chi connectivity index (χ3v) is 3.67. The van der Waals surface area contributed by atoms with Crippen LogP contribution < -0.4 is 15.4 Å². The van der Waals surface area contributed by atoms with Gasteiger partial charge < -0.3 is 15.4 Å². The number of halogens is 2. The average molecular weight is 384 g/mol. The van der Waals surface area contributed by atoms with Crippen LogP contribution >= 0.6 is 24.8 Å². The van der Waals surface area contributed by atoms with Gasteiger partial charge in [-0.3, -0.25) is 9.69 Å². The van der Waals surface area contributed by atoms with Crippen LogP contribution in [0.4, 0.5) is 5.69 Å². The average Bonchev–Trinajstić information content (AvgIpc) is 2.57. The molecule has 0 radical (unpaired) electrons. The van der Waals surface area contributed by atoms with E-state index in [-0.39, 0.29) is 30.7 Å². The van der Waals surface area contributed by atoms with E-state index in [0.29, 0.717) is 12.3 Å². The number of hydrogen-bond acceptors (Lipinski definition) is 4. The van der Waals surface area contributed by atoms with Gasteiger partial charge in [-0.1, -0.05) is 24.3 Å². The summed E-state index contributed by atoms with van der Waals surface area (Å²) in [6.07, 6.45) is 0. The summed E-state index contributed by atoms with van der Waals surface area (Å²) in [6.45, 7) is 4.11. The number of piperazine rings is 1. The lowest BCUT2D eigenvalue weighted by atomic mass is 10.3. The molecule has 0 saturated carbocycles. The van der Waals surface area contributed by atoms with Crippen molar-refractivity contribution in [1.82, 2.24) is 10.2 Å². The van der Waals surface area contributed by atoms with E-state index in [1.54, 1.807) is 0 Å². The first-order valence-electron chi connectivity index (χ1n) is 7.85. The number of benzene rings is 2. The molecule has 0 spiro atoms. The molecule has 1 aliphatic heterocycles. The van der Waals surface area contributed by atoms with Crippen LogP contribution in [-0.4, -0.2) is 43.5 Å². The number of hydrogen-bond donors (Lipinski definition) is 2. The standard InChI is InChI=1S/C18H21N3O2.2ClH/c22-18(14-21-11-9-19-10-12-21)20-15-5-4-8-17(13-15)23-16-6-2-1-3-7-16;;/h1-8,13,19H,9-12,14H2,(H,20,22);2*1H. The summed E-state index contributed by atoms with van der Waals surface area (Å²) in [5.41, 5.74) is 0.749. The topological polar surface area (TPSA) is 53.6 Å². The smallest absolute Gasteiger partial charge is 0.238 e. The fourth-order valence-electron chi connectivity index (χ4n) is 2.53. The molecule has 136 valence electrons. The summed E-state index contributed by atoms with van der Waals surface area (Å²) in [5.74, 6) is 1.48. The lowest BCUT2D eigenvalue weighted by Crippen LogP contribution is -2.46. The Bertz CT molecular complexity index is 650. The highest BCUT2D eigenvalue weighted by atomic mass is 35.5. The molecule has 2 aromatic carbocycles. The van der Waals surface area contributed by atoms with Crippen LogP contribution in [0.25, 0.3) is 0 Å². The molecule has 1 aliphatic rings. The van der Waals surface area contributed by atoms with Gasteiger partial charge in [0, 0.05) is 37.9 Å². The van der Waals surface area contributed by atoms with Crippen molar-refractivity contribution in [2.75, 3.05) is 38.0 Å². The molecule has 0 bridgehead atoms. The molecule has 2 aromatic rings. The minimum atomic E-state index is 0. The lowest BCUT2D eigenvalue weighted by molar-refractivity contribution is -0.117. The van der Waals surface area contributed by atoms with Gasteiger partial charge in [0.2, 0.25) is 5.91 Å². The molecule has 1 fully saturated rings. The van der Waals surface area contributed by atoms with E-state index in [0.717, 1.165) is 37.6 Å². The Morgan fingerprint density at radius 1 is 1.00 bits per heavy atom. The number of carbonyl (C=O) groups excluding carboxylic acids is 1. The SMILES string of the molecule is Cl.Cl.O=C(CN1CCNCC1)Nc1cccc(Oc2ccccc2)c1. The fraction of sp³-hybridized carbons (Fsp3) is 0.278. The number of amides is 1. The Kier molecular flexibility index (Phi) is 9.31. The van der Waals surface area contributed by atoms with E-state index in [2.05, 4.69) is 15.5 Å². The first-order chi connectivity index (χ1) is 11.3. The molecule has 0 atom stereocenters. The third kappa shape index (κ3) is 6.92. The third-order valence-electron chi connectivity index (χ3n) is 3.67. The summed E-state index contributed by atoms with van der Waals surface area (Å²) in [4.78, 5) is 14.3. The predicted molar refractivity (Wildman–Crippen MR) is 105 cm³/mol. The molecule has 0 aromatic heterocycles. The molecular formula is C18H23Cl2N3O2. The summed E-state index contributed by atoms with van der Waals surface area (Å²) in [6, 6.07) is 17.0. The molecule has 0 aliphatic carbocycles. The van der Waals surface area contributed by atoms with Crippen molar-refractivity contribution in [2.45, 2.75) is 0 Å². The van der Waals surface area contributed by atoms with Crippen LogP contribution in [0.15, 0.2) is 54.6 Å². The fourth-order valence-corrected chi connectivity index (χ4v) is 2.53. The molecule has 1 heterocycles. The number of ether oxygens (including phenoxy) is 1. The number of carbonyl (C=O) groups is 1. The van der Waals surface area contributed by atoms with Crippen LogP contribution in [-0.2, 0) is 4.79 Å². The zero-order valence-electron chi connectivity index (χ0n) is 13.8. The maximum Gasteiger partial charge on any atom is 0.238 e. The van der Waals surface area contributed by atoms with Gasteiger partial charge in [0.25, 0.3) is 0 Å². The van der Waals surface area contributed by atoms with Gasteiger partial charge in [0.05, 0.1) is 6.54 Å². The van der Waals surface area contributed by atoms with Gasteiger partial charge >= 0.3 is 0 Å². The largest absolute Gasteiger partial charge is 0.457 e. The zero-order valence-corrected chi connectivity index (χ0v) is 15.4. The molecule has 0 unspecified atom stereocenters. The normalized spacial score (nSPS) is 13.9. The Hall–Kier alpha value is -1.79. The van der Waals surface area contributed by atoms with Gasteiger partial charge in [0.1, 0.15) is 11.5 Å². The zero-order chi connectivity index (χ0) is 15.9. The van der Waals surface area contributed by atoms with Crippen molar-refractivity contribution in [3.63, 3.8) is 0 Å². The van der Waals surface area contributed by atoms with Crippen LogP contribution in [0.5, 0.6) is 11.5 Å². The van der Waals surface area contributed by atoms with Gasteiger partial charge in [-0.05, 0) is 24.3 Å². The minimum Gasteiger partial charge on any atom is -0.457 e. The van der Waals surface area contributed by atoms with Gasteiger partial charge in [-0.25, -0.2) is 0 Å². The van der Waals surface area contributed by atoms with Crippen LogP contribution in [0, 0.1) is 0 Å². The van der Waals surface area contributed by atoms with E-state index in [1.165, 1.54) is 0 Å². The highest BCUT2D eigenvalue weighted by Gasteiger charge is 2.13. The van der Waals surface area contributed by atoms with Crippen LogP contribution in [0.2, 0.25) is 0 Å². The Morgan fingerprint density at radius 3 is 2.40 bits per heavy atom. The second kappa shape index (κ2) is 10.9. The highest BCUT2D eigenvalue weighted by Crippen LogP contribution is 2.23. The maximum atomic E-state index is 12.1. The quantitative estimate of drug-likeness (QED) is 0.832. The second-order valence-electron chi connectivity index (χ2n) is 5.52. The number of para-hydroxylation sites is 1. The summed E-state index contributed by atoms with van der Waals surface area (Å²) in [7, 11) is 0. The van der Waals surface area contributed by atoms with E-state index >= 15 is 0 Å². The van der Waals surface area contributed by atoms with Gasteiger partial charge in [-0.15, -0.1) is 24.8 Å². The molecule has 7 heteroatoms. The monoisotopic (exact) mass is 383 g/mol. The summed E-state index contributed by atoms with van der Waals surface area (Å²) < 4.78 is 5.78. The Morgan fingerprint density at radius 2 is 1.68 bits per heavy atom. The molecule has 5 nitrogen and oxygen atoms in total. The van der Waals surface area contributed by atoms with Crippen LogP contribution in [0.3, 0.4) is 0 Å². The first-order valence-corrected chi connectivity index (χ1v) is 7.85. The van der Waals surface area contributed by atoms with E-state index < -0.39 is 0 Å². The molecule has 2 N–H and O–H groups in total. The van der Waals surface area contributed by atoms with Gasteiger partial charge in [-0.2, -0.15) is 0 Å². The van der Waals surface area contributed by atoms with Crippen molar-refractivity contribution in [3.05, 3.63) is 54.6 Å². The lowest BCUT2D eigenvalue weighted by Gasteiger charge is -2.26. The van der Waals surface area contributed by atoms with Crippen molar-refractivity contribution < 1.29 is 9.53 Å². The Labute approximate surface area is 160 Å². The molecule has 1 amide bonds. The molecular weight excluding hydrogens is 361 g/mol. The van der Waals surface area contributed by atoms with E-state index in [9.17, 15) is 4.79 Å². The number of nitrogens with one attached hydrogen (secondary N) is 2. The van der Waals surface area contributed by atoms with Crippen LogP contribution in [0.1, 0.15) is 0 Å². The van der Waals surface area contributed by atoms with Gasteiger partial charge in [0.15, 0.2) is 0 Å². The first kappa shape index (κ1) is 21.3. The molecule has 25 heavy (non-hydrogen) atoms. The highest BCUT2D eigenvalue weighted by molar-refractivity contribution is 5.92. The molecule has 3 rings (SSSR count). The van der Waals surface area contributed by atoms with Crippen molar-refractivity contribution in [3.8, 4) is 11.5 Å². The van der Waals surface area contributed by atoms with Crippen molar-refractivity contribution in [1.29, 1.82) is 0 Å². The number of anilines is 1. The number of rotatable bonds is 5. The number of nitrogens with zero attached hydrogens (tertiary/aromatic N) is 1. The summed E-state index contributed by atoms with van der Waals surface area (Å²) in [5, 5.41) is 6.21. The summed E-state index contributed by atoms with van der Waals surface area (Å²) >= 11 is 0. The van der Waals surface area contributed by atoms with Crippen molar-refractivity contribution in [2.24, 2.45) is 0 Å². The molecule has 1 saturated heterocycles.